The van der Waals surface area contributed by atoms with E-state index in [1.807, 2.05) is 12.1 Å². The summed E-state index contributed by atoms with van der Waals surface area (Å²) in [5.41, 5.74) is 1.04. The Morgan fingerprint density at radius 1 is 1.41 bits per heavy atom. The van der Waals surface area contributed by atoms with Crippen molar-refractivity contribution in [2.24, 2.45) is 4.99 Å². The molecule has 0 atom stereocenters. The van der Waals surface area contributed by atoms with E-state index in [0.29, 0.717) is 19.0 Å². The van der Waals surface area contributed by atoms with E-state index in [2.05, 4.69) is 33.8 Å². The van der Waals surface area contributed by atoms with E-state index >= 15 is 0 Å². The van der Waals surface area contributed by atoms with Crippen LogP contribution >= 0.6 is 35.7 Å². The number of aliphatic imine (C=N–C) groups is 1. The van der Waals surface area contributed by atoms with Gasteiger partial charge in [0.1, 0.15) is 0 Å². The van der Waals surface area contributed by atoms with Crippen LogP contribution in [0.25, 0.3) is 0 Å². The smallest absolute Gasteiger partial charge is 0.218 e. The third kappa shape index (κ3) is 8.67. The van der Waals surface area contributed by atoms with Crippen LogP contribution in [0.2, 0.25) is 0 Å². The van der Waals surface area contributed by atoms with Crippen LogP contribution < -0.4 is 15.4 Å². The van der Waals surface area contributed by atoms with Gasteiger partial charge in [0, 0.05) is 37.7 Å². The number of thioether (sulfide) groups is 1. The molecule has 126 valence electrons. The molecule has 0 amide bonds. The molecule has 0 aliphatic carbocycles. The highest BCUT2D eigenvalue weighted by atomic mass is 127. The molecule has 7 heteroatoms. The summed E-state index contributed by atoms with van der Waals surface area (Å²) in [6.45, 7) is 4.40. The van der Waals surface area contributed by atoms with E-state index in [0.717, 1.165) is 36.7 Å². The Bertz CT molecular complexity index is 432. The monoisotopic (exact) mass is 438 g/mol. The summed E-state index contributed by atoms with van der Waals surface area (Å²) in [5, 5.41) is 6.55. The Morgan fingerprint density at radius 3 is 2.91 bits per heavy atom. The van der Waals surface area contributed by atoms with Crippen molar-refractivity contribution in [2.45, 2.75) is 26.3 Å². The van der Waals surface area contributed by atoms with Gasteiger partial charge in [0.2, 0.25) is 5.88 Å². The molecule has 1 aromatic rings. The van der Waals surface area contributed by atoms with Crippen molar-refractivity contribution in [3.8, 4) is 5.88 Å². The number of guanidine groups is 1. The molecule has 0 aromatic carbocycles. The van der Waals surface area contributed by atoms with Gasteiger partial charge < -0.3 is 15.4 Å². The zero-order valence-corrected chi connectivity index (χ0v) is 16.7. The Morgan fingerprint density at radius 2 is 2.23 bits per heavy atom. The maximum absolute atomic E-state index is 5.73. The summed E-state index contributed by atoms with van der Waals surface area (Å²) in [7, 11) is 1.77. The van der Waals surface area contributed by atoms with Crippen molar-refractivity contribution in [2.75, 3.05) is 32.2 Å². The molecule has 1 aromatic heterocycles. The first kappa shape index (κ1) is 21.3. The Balaban J connectivity index is 0.00000441. The third-order valence-corrected chi connectivity index (χ3v) is 3.47. The zero-order valence-electron chi connectivity index (χ0n) is 13.6. The van der Waals surface area contributed by atoms with Gasteiger partial charge in [-0.15, -0.1) is 24.0 Å². The first-order chi connectivity index (χ1) is 10.3. The summed E-state index contributed by atoms with van der Waals surface area (Å²) >= 11 is 1.81. The van der Waals surface area contributed by atoms with Crippen LogP contribution in [0.5, 0.6) is 5.88 Å². The minimum atomic E-state index is 0. The molecule has 0 saturated heterocycles. The van der Waals surface area contributed by atoms with Crippen LogP contribution in [0.4, 0.5) is 0 Å². The fourth-order valence-electron chi connectivity index (χ4n) is 1.67. The highest BCUT2D eigenvalue weighted by molar-refractivity contribution is 14.0. The first-order valence-electron chi connectivity index (χ1n) is 7.32. The second kappa shape index (κ2) is 13.9. The molecule has 0 spiro atoms. The van der Waals surface area contributed by atoms with Gasteiger partial charge in [0.15, 0.2) is 5.96 Å². The van der Waals surface area contributed by atoms with Gasteiger partial charge >= 0.3 is 0 Å². The van der Waals surface area contributed by atoms with Crippen LogP contribution in [0.15, 0.2) is 23.3 Å². The van der Waals surface area contributed by atoms with Gasteiger partial charge in [-0.2, -0.15) is 11.8 Å². The maximum Gasteiger partial charge on any atom is 0.218 e. The van der Waals surface area contributed by atoms with Gasteiger partial charge in [-0.05, 0) is 18.7 Å². The molecule has 22 heavy (non-hydrogen) atoms. The number of unbranched alkanes of at least 4 members (excludes halogenated alkanes) is 1. The van der Waals surface area contributed by atoms with Crippen molar-refractivity contribution in [1.82, 2.24) is 15.6 Å². The second-order valence-corrected chi connectivity index (χ2v) is 5.50. The molecule has 0 bridgehead atoms. The Kier molecular flexibility index (Phi) is 13.5. The van der Waals surface area contributed by atoms with Crippen LogP contribution in [0, 0.1) is 0 Å². The number of hydrogen-bond donors (Lipinski definition) is 2. The maximum atomic E-state index is 5.73. The molecular formula is C15H27IN4OS. The minimum absolute atomic E-state index is 0. The topological polar surface area (TPSA) is 58.5 Å². The predicted molar refractivity (Wildman–Crippen MR) is 107 cm³/mol. The number of nitrogens with one attached hydrogen (secondary N) is 2. The zero-order chi connectivity index (χ0) is 15.3. The molecule has 1 rings (SSSR count). The number of halogens is 1. The first-order valence-corrected chi connectivity index (χ1v) is 8.71. The van der Waals surface area contributed by atoms with Crippen molar-refractivity contribution in [3.05, 3.63) is 23.9 Å². The highest BCUT2D eigenvalue weighted by Crippen LogP contribution is 2.14. The lowest BCUT2D eigenvalue weighted by Gasteiger charge is -2.13. The summed E-state index contributed by atoms with van der Waals surface area (Å²) in [6, 6.07) is 3.95. The molecular weight excluding hydrogens is 411 g/mol. The van der Waals surface area contributed by atoms with Gasteiger partial charge in [-0.25, -0.2) is 4.98 Å². The molecule has 0 unspecified atom stereocenters. The summed E-state index contributed by atoms with van der Waals surface area (Å²) < 4.78 is 5.73. The summed E-state index contributed by atoms with van der Waals surface area (Å²) in [6.07, 6.45) is 6.01. The van der Waals surface area contributed by atoms with Gasteiger partial charge in [0.05, 0.1) is 6.61 Å². The molecule has 0 aliphatic rings. The third-order valence-electron chi connectivity index (χ3n) is 2.86. The normalized spacial score (nSPS) is 10.8. The van der Waals surface area contributed by atoms with Crippen molar-refractivity contribution >= 4 is 41.7 Å². The molecule has 0 fully saturated rings. The van der Waals surface area contributed by atoms with Crippen molar-refractivity contribution < 1.29 is 4.74 Å². The fourth-order valence-corrected chi connectivity index (χ4v) is 1.98. The number of hydrogen-bond acceptors (Lipinski definition) is 4. The van der Waals surface area contributed by atoms with E-state index < -0.39 is 0 Å². The standard InChI is InChI=1S/C15H26N4OS.HI/c1-4-5-10-20-14-13(7-6-8-17-14)12-19-15(16-2)18-9-11-21-3;/h6-8H,4-5,9-12H2,1-3H3,(H2,16,18,19);1H. The molecule has 0 aliphatic heterocycles. The second-order valence-electron chi connectivity index (χ2n) is 4.52. The fraction of sp³-hybridized carbons (Fsp3) is 0.600. The molecule has 2 N–H and O–H groups in total. The number of nitrogens with zero attached hydrogens (tertiary/aromatic N) is 2. The van der Waals surface area contributed by atoms with Crippen molar-refractivity contribution in [1.29, 1.82) is 0 Å². The predicted octanol–water partition coefficient (Wildman–Crippen LogP) is 2.91. The Labute approximate surface area is 155 Å². The van der Waals surface area contributed by atoms with E-state index in [9.17, 15) is 0 Å². The molecule has 5 nitrogen and oxygen atoms in total. The lowest BCUT2D eigenvalue weighted by molar-refractivity contribution is 0.294. The molecule has 0 radical (unpaired) electrons. The number of rotatable bonds is 9. The highest BCUT2D eigenvalue weighted by Gasteiger charge is 2.05. The van der Waals surface area contributed by atoms with Gasteiger partial charge in [-0.1, -0.05) is 19.4 Å². The summed E-state index contributed by atoms with van der Waals surface area (Å²) in [4.78, 5) is 8.51. The lowest BCUT2D eigenvalue weighted by Crippen LogP contribution is -2.38. The van der Waals surface area contributed by atoms with Crippen LogP contribution in [-0.2, 0) is 6.54 Å². The average molecular weight is 438 g/mol. The number of pyridine rings is 1. The van der Waals surface area contributed by atoms with E-state index in [1.165, 1.54) is 0 Å². The number of ether oxygens (including phenoxy) is 1. The van der Waals surface area contributed by atoms with Crippen LogP contribution in [0.3, 0.4) is 0 Å². The molecule has 1 heterocycles. The summed E-state index contributed by atoms with van der Waals surface area (Å²) in [5.74, 6) is 2.56. The Hall–Kier alpha value is -0.700. The molecule has 0 saturated carbocycles. The minimum Gasteiger partial charge on any atom is -0.477 e. The van der Waals surface area contributed by atoms with E-state index in [-0.39, 0.29) is 24.0 Å². The number of aromatic nitrogens is 1. The quantitative estimate of drug-likeness (QED) is 0.269. The van der Waals surface area contributed by atoms with Crippen LogP contribution in [0.1, 0.15) is 25.3 Å². The van der Waals surface area contributed by atoms with Gasteiger partial charge in [-0.3, -0.25) is 4.99 Å². The van der Waals surface area contributed by atoms with E-state index in [4.69, 9.17) is 4.74 Å². The van der Waals surface area contributed by atoms with Gasteiger partial charge in [0.25, 0.3) is 0 Å². The SMILES string of the molecule is CCCCOc1ncccc1CNC(=NC)NCCSC.I. The lowest BCUT2D eigenvalue weighted by atomic mass is 10.2. The van der Waals surface area contributed by atoms with Crippen LogP contribution in [-0.4, -0.2) is 43.2 Å². The average Bonchev–Trinajstić information content (AvgIpc) is 2.52. The largest absolute Gasteiger partial charge is 0.477 e. The van der Waals surface area contributed by atoms with E-state index in [1.54, 1.807) is 25.0 Å². The van der Waals surface area contributed by atoms with Crippen molar-refractivity contribution in [3.63, 3.8) is 0 Å².